The van der Waals surface area contributed by atoms with Crippen molar-refractivity contribution in [3.05, 3.63) is 12.2 Å². The van der Waals surface area contributed by atoms with Crippen LogP contribution in [0.3, 0.4) is 0 Å². The first-order chi connectivity index (χ1) is 4.77. The summed E-state index contributed by atoms with van der Waals surface area (Å²) in [5.74, 6) is 0.237. The molecule has 0 saturated heterocycles. The molecule has 2 aliphatic rings. The number of carbonyl (C=O) groups is 1. The molecule has 10 heavy (non-hydrogen) atoms. The van der Waals surface area contributed by atoms with E-state index in [1.165, 1.54) is 0 Å². The molecule has 2 bridgehead atoms. The van der Waals surface area contributed by atoms with Gasteiger partial charge in [0.05, 0.1) is 5.92 Å². The fraction of sp³-hybridized carbons (Fsp3) is 0.625. The molecule has 1 fully saturated rings. The zero-order valence-corrected chi connectivity index (χ0v) is 5.66. The van der Waals surface area contributed by atoms with Crippen LogP contribution in [-0.2, 0) is 4.79 Å². The first kappa shape index (κ1) is 5.96. The number of aliphatic carboxylic acids is 1. The van der Waals surface area contributed by atoms with Gasteiger partial charge in [-0.25, -0.2) is 0 Å². The molecule has 2 aliphatic carbocycles. The second-order valence-corrected chi connectivity index (χ2v) is 3.22. The van der Waals surface area contributed by atoms with E-state index in [0.717, 1.165) is 12.8 Å². The number of carboxylic acids is 1. The van der Waals surface area contributed by atoms with Crippen LogP contribution in [0.4, 0.5) is 0 Å². The maximum Gasteiger partial charge on any atom is 0.307 e. The first-order valence-corrected chi connectivity index (χ1v) is 3.68. The Labute approximate surface area is 59.5 Å². The summed E-state index contributed by atoms with van der Waals surface area (Å²) in [6, 6.07) is 0. The molecule has 0 aromatic carbocycles. The third-order valence-electron chi connectivity index (χ3n) is 2.60. The van der Waals surface area contributed by atoms with E-state index >= 15 is 0 Å². The zero-order chi connectivity index (χ0) is 7.14. The lowest BCUT2D eigenvalue weighted by Gasteiger charge is -2.11. The molecule has 0 spiro atoms. The molecule has 3 atom stereocenters. The molecule has 0 unspecified atom stereocenters. The van der Waals surface area contributed by atoms with Gasteiger partial charge in [-0.2, -0.15) is 0 Å². The van der Waals surface area contributed by atoms with E-state index in [1.54, 1.807) is 0 Å². The van der Waals surface area contributed by atoms with Gasteiger partial charge in [0.15, 0.2) is 0 Å². The van der Waals surface area contributed by atoms with Gasteiger partial charge in [-0.1, -0.05) is 12.2 Å². The summed E-state index contributed by atoms with van der Waals surface area (Å²) in [7, 11) is 0. The van der Waals surface area contributed by atoms with E-state index < -0.39 is 5.97 Å². The van der Waals surface area contributed by atoms with Gasteiger partial charge in [0.2, 0.25) is 0 Å². The number of carboxylic acid groups (broad SMARTS) is 1. The number of hydrogen-bond acceptors (Lipinski definition) is 1. The lowest BCUT2D eigenvalue weighted by atomic mass is 9.94. The summed E-state index contributed by atoms with van der Waals surface area (Å²) in [6.45, 7) is 0. The maximum atomic E-state index is 10.6. The highest BCUT2D eigenvalue weighted by Gasteiger charge is 2.39. The summed E-state index contributed by atoms with van der Waals surface area (Å²) in [5, 5.41) is 8.70. The van der Waals surface area contributed by atoms with Crippen LogP contribution in [0.1, 0.15) is 12.8 Å². The Morgan fingerprint density at radius 1 is 1.40 bits per heavy atom. The van der Waals surface area contributed by atoms with E-state index in [1.807, 2.05) is 0 Å². The highest BCUT2D eigenvalue weighted by molar-refractivity contribution is 5.71. The van der Waals surface area contributed by atoms with Crippen molar-refractivity contribution in [2.45, 2.75) is 12.8 Å². The number of allylic oxidation sites excluding steroid dienone is 2. The molecular formula is C8H10O2. The molecule has 0 heterocycles. The van der Waals surface area contributed by atoms with Crippen molar-refractivity contribution in [1.29, 1.82) is 0 Å². The molecular weight excluding hydrogens is 128 g/mol. The molecule has 2 rings (SSSR count). The number of rotatable bonds is 1. The summed E-state index contributed by atoms with van der Waals surface area (Å²) < 4.78 is 0. The van der Waals surface area contributed by atoms with Crippen molar-refractivity contribution in [3.63, 3.8) is 0 Å². The molecule has 1 saturated carbocycles. The lowest BCUT2D eigenvalue weighted by molar-refractivity contribution is -0.142. The predicted molar refractivity (Wildman–Crippen MR) is 36.5 cm³/mol. The van der Waals surface area contributed by atoms with Gasteiger partial charge in [0, 0.05) is 0 Å². The highest BCUT2D eigenvalue weighted by atomic mass is 16.4. The van der Waals surface area contributed by atoms with Gasteiger partial charge in [0.25, 0.3) is 0 Å². The van der Waals surface area contributed by atoms with Crippen molar-refractivity contribution >= 4 is 5.97 Å². The Hall–Kier alpha value is -0.790. The van der Waals surface area contributed by atoms with Gasteiger partial charge in [-0.15, -0.1) is 0 Å². The van der Waals surface area contributed by atoms with Crippen LogP contribution in [0.2, 0.25) is 0 Å². The third kappa shape index (κ3) is 0.681. The monoisotopic (exact) mass is 138 g/mol. The minimum atomic E-state index is -0.614. The maximum absolute atomic E-state index is 10.6. The van der Waals surface area contributed by atoms with E-state index in [4.69, 9.17) is 5.11 Å². The normalized spacial score (nSPS) is 42.6. The Balaban J connectivity index is 2.16. The standard InChI is InChI=1S/C8H10O2/c9-8(10)7-4-5-1-2-6(7)3-5/h1-2,5-7H,3-4H2,(H,9,10)/t5-,6+,7-/m0/s1. The van der Waals surface area contributed by atoms with E-state index in [-0.39, 0.29) is 5.92 Å². The second-order valence-electron chi connectivity index (χ2n) is 3.22. The van der Waals surface area contributed by atoms with E-state index in [2.05, 4.69) is 12.2 Å². The van der Waals surface area contributed by atoms with Gasteiger partial charge in [-0.05, 0) is 24.7 Å². The summed E-state index contributed by atoms with van der Waals surface area (Å²) >= 11 is 0. The summed E-state index contributed by atoms with van der Waals surface area (Å²) in [5.41, 5.74) is 0. The van der Waals surface area contributed by atoms with E-state index in [9.17, 15) is 4.79 Å². The lowest BCUT2D eigenvalue weighted by Crippen LogP contribution is -2.17. The van der Waals surface area contributed by atoms with Gasteiger partial charge in [0.1, 0.15) is 0 Å². The summed E-state index contributed by atoms with van der Waals surface area (Å²) in [6.07, 6.45) is 6.17. The Bertz CT molecular complexity index is 195. The van der Waals surface area contributed by atoms with Crippen LogP contribution in [0.15, 0.2) is 12.2 Å². The minimum absolute atomic E-state index is 0.0741. The quantitative estimate of drug-likeness (QED) is 0.554. The zero-order valence-electron chi connectivity index (χ0n) is 5.66. The molecule has 2 heteroatoms. The Kier molecular flexibility index (Phi) is 1.10. The molecule has 54 valence electrons. The van der Waals surface area contributed by atoms with Gasteiger partial charge >= 0.3 is 5.97 Å². The fourth-order valence-electron chi connectivity index (χ4n) is 2.06. The smallest absolute Gasteiger partial charge is 0.307 e. The average Bonchev–Trinajstić information content (AvgIpc) is 2.44. The van der Waals surface area contributed by atoms with Crippen molar-refractivity contribution in [3.8, 4) is 0 Å². The van der Waals surface area contributed by atoms with Crippen LogP contribution < -0.4 is 0 Å². The minimum Gasteiger partial charge on any atom is -0.481 e. The third-order valence-corrected chi connectivity index (χ3v) is 2.60. The molecule has 0 amide bonds. The SMILES string of the molecule is O=C(O)[C@H]1C[C@H]2C=C[C@@H]1C2. The average molecular weight is 138 g/mol. The van der Waals surface area contributed by atoms with Crippen LogP contribution in [0, 0.1) is 17.8 Å². The van der Waals surface area contributed by atoms with Crippen LogP contribution in [-0.4, -0.2) is 11.1 Å². The number of fused-ring (bicyclic) bond motifs is 2. The Morgan fingerprint density at radius 3 is 2.50 bits per heavy atom. The van der Waals surface area contributed by atoms with Crippen LogP contribution >= 0.6 is 0 Å². The van der Waals surface area contributed by atoms with Crippen molar-refractivity contribution in [2.24, 2.45) is 17.8 Å². The Morgan fingerprint density at radius 2 is 2.20 bits per heavy atom. The van der Waals surface area contributed by atoms with Gasteiger partial charge in [-0.3, -0.25) is 4.79 Å². The van der Waals surface area contributed by atoms with Gasteiger partial charge < -0.3 is 5.11 Å². The molecule has 2 nitrogen and oxygen atoms in total. The largest absolute Gasteiger partial charge is 0.481 e. The van der Waals surface area contributed by atoms with Crippen molar-refractivity contribution < 1.29 is 9.90 Å². The first-order valence-electron chi connectivity index (χ1n) is 3.68. The topological polar surface area (TPSA) is 37.3 Å². The highest BCUT2D eigenvalue weighted by Crippen LogP contribution is 2.43. The predicted octanol–water partition coefficient (Wildman–Crippen LogP) is 1.28. The molecule has 0 aliphatic heterocycles. The molecule has 0 aromatic rings. The van der Waals surface area contributed by atoms with Crippen molar-refractivity contribution in [1.82, 2.24) is 0 Å². The van der Waals surface area contributed by atoms with Crippen molar-refractivity contribution in [2.75, 3.05) is 0 Å². The van der Waals surface area contributed by atoms with Crippen LogP contribution in [0.5, 0.6) is 0 Å². The molecule has 1 N–H and O–H groups in total. The fourth-order valence-corrected chi connectivity index (χ4v) is 2.06. The second kappa shape index (κ2) is 1.84. The van der Waals surface area contributed by atoms with Crippen LogP contribution in [0.25, 0.3) is 0 Å². The summed E-state index contributed by atoms with van der Waals surface area (Å²) in [4.78, 5) is 10.6. The van der Waals surface area contributed by atoms with E-state index in [0.29, 0.717) is 11.8 Å². The molecule has 0 radical (unpaired) electrons. The molecule has 0 aromatic heterocycles. The number of hydrogen-bond donors (Lipinski definition) is 1.